The van der Waals surface area contributed by atoms with Crippen LogP contribution in [0.5, 0.6) is 0 Å². The third-order valence-corrected chi connectivity index (χ3v) is 2.23. The van der Waals surface area contributed by atoms with Crippen molar-refractivity contribution in [2.75, 3.05) is 5.32 Å². The molecular weight excluding hydrogens is 228 g/mol. The van der Waals surface area contributed by atoms with Crippen LogP contribution >= 0.6 is 0 Å². The molecule has 0 aliphatic rings. The van der Waals surface area contributed by atoms with Crippen LogP contribution in [-0.4, -0.2) is 5.91 Å². The Bertz CT molecular complexity index is 592. The average molecular weight is 238 g/mol. The first-order valence-electron chi connectivity index (χ1n) is 5.31. The SMILES string of the molecule is N#C/C(=C\c1ccco1)C(=O)Nc1ccccc1. The van der Waals surface area contributed by atoms with Crippen LogP contribution < -0.4 is 5.32 Å². The molecule has 0 fully saturated rings. The molecule has 0 bridgehead atoms. The van der Waals surface area contributed by atoms with Gasteiger partial charge < -0.3 is 9.73 Å². The van der Waals surface area contributed by atoms with Crippen molar-refractivity contribution in [2.45, 2.75) is 0 Å². The molecular formula is C14H10N2O2. The van der Waals surface area contributed by atoms with E-state index < -0.39 is 5.91 Å². The first kappa shape index (κ1) is 11.7. The Kier molecular flexibility index (Phi) is 3.57. The second-order valence-corrected chi connectivity index (χ2v) is 3.51. The van der Waals surface area contributed by atoms with Crippen LogP contribution in [0.2, 0.25) is 0 Å². The zero-order valence-electron chi connectivity index (χ0n) is 9.46. The number of hydrogen-bond donors (Lipinski definition) is 1. The number of furan rings is 1. The number of carbonyl (C=O) groups is 1. The number of nitrogens with zero attached hydrogens (tertiary/aromatic N) is 1. The highest BCUT2D eigenvalue weighted by Gasteiger charge is 2.09. The molecule has 0 aliphatic carbocycles. The van der Waals surface area contributed by atoms with Gasteiger partial charge in [-0.05, 0) is 24.3 Å². The van der Waals surface area contributed by atoms with Crippen molar-refractivity contribution in [3.8, 4) is 6.07 Å². The summed E-state index contributed by atoms with van der Waals surface area (Å²) in [6.45, 7) is 0. The Morgan fingerprint density at radius 1 is 1.22 bits per heavy atom. The fourth-order valence-corrected chi connectivity index (χ4v) is 1.38. The summed E-state index contributed by atoms with van der Waals surface area (Å²) in [5.41, 5.74) is 0.636. The predicted octanol–water partition coefficient (Wildman–Crippen LogP) is 2.83. The van der Waals surface area contributed by atoms with E-state index in [9.17, 15) is 4.79 Å². The number of rotatable bonds is 3. The number of amides is 1. The van der Waals surface area contributed by atoms with Gasteiger partial charge in [-0.2, -0.15) is 5.26 Å². The molecule has 1 aromatic heterocycles. The number of nitrogens with one attached hydrogen (secondary N) is 1. The molecule has 0 atom stereocenters. The van der Waals surface area contributed by atoms with Gasteiger partial charge in [0.25, 0.3) is 5.91 Å². The molecule has 18 heavy (non-hydrogen) atoms. The maximum atomic E-state index is 11.8. The zero-order valence-corrected chi connectivity index (χ0v) is 9.46. The van der Waals surface area contributed by atoms with Gasteiger partial charge in [0.1, 0.15) is 17.4 Å². The first-order valence-corrected chi connectivity index (χ1v) is 5.31. The normalized spacial score (nSPS) is 10.7. The molecule has 1 amide bonds. The van der Waals surface area contributed by atoms with E-state index in [4.69, 9.17) is 9.68 Å². The van der Waals surface area contributed by atoms with Crippen LogP contribution in [-0.2, 0) is 4.79 Å². The van der Waals surface area contributed by atoms with E-state index in [0.29, 0.717) is 11.4 Å². The summed E-state index contributed by atoms with van der Waals surface area (Å²) in [4.78, 5) is 11.8. The highest BCUT2D eigenvalue weighted by molar-refractivity contribution is 6.09. The molecule has 1 N–H and O–H groups in total. The molecule has 0 radical (unpaired) electrons. The van der Waals surface area contributed by atoms with Crippen molar-refractivity contribution in [1.29, 1.82) is 5.26 Å². The van der Waals surface area contributed by atoms with Crippen molar-refractivity contribution in [1.82, 2.24) is 0 Å². The van der Waals surface area contributed by atoms with Crippen molar-refractivity contribution >= 4 is 17.7 Å². The van der Waals surface area contributed by atoms with Gasteiger partial charge in [-0.25, -0.2) is 0 Å². The molecule has 0 spiro atoms. The monoisotopic (exact) mass is 238 g/mol. The van der Waals surface area contributed by atoms with Gasteiger partial charge >= 0.3 is 0 Å². The number of carbonyl (C=O) groups excluding carboxylic acids is 1. The highest BCUT2D eigenvalue weighted by atomic mass is 16.3. The number of benzene rings is 1. The number of nitriles is 1. The van der Waals surface area contributed by atoms with E-state index >= 15 is 0 Å². The van der Waals surface area contributed by atoms with Crippen molar-refractivity contribution in [3.63, 3.8) is 0 Å². The molecule has 4 heteroatoms. The molecule has 1 aromatic carbocycles. The van der Waals surface area contributed by atoms with E-state index in [1.54, 1.807) is 36.4 Å². The van der Waals surface area contributed by atoms with Crippen LogP contribution in [0.1, 0.15) is 5.76 Å². The predicted molar refractivity (Wildman–Crippen MR) is 67.4 cm³/mol. The summed E-state index contributed by atoms with van der Waals surface area (Å²) >= 11 is 0. The van der Waals surface area contributed by atoms with Gasteiger partial charge in [0, 0.05) is 11.8 Å². The summed E-state index contributed by atoms with van der Waals surface area (Å²) in [5.74, 6) is 0.00913. The fraction of sp³-hybridized carbons (Fsp3) is 0. The third kappa shape index (κ3) is 2.86. The molecule has 0 saturated heterocycles. The zero-order chi connectivity index (χ0) is 12.8. The minimum atomic E-state index is -0.458. The highest BCUT2D eigenvalue weighted by Crippen LogP contribution is 2.11. The van der Waals surface area contributed by atoms with Crippen LogP contribution in [0.3, 0.4) is 0 Å². The van der Waals surface area contributed by atoms with Crippen molar-refractivity contribution in [3.05, 3.63) is 60.1 Å². The minimum Gasteiger partial charge on any atom is -0.465 e. The molecule has 0 saturated carbocycles. The van der Waals surface area contributed by atoms with E-state index in [1.807, 2.05) is 12.1 Å². The Balaban J connectivity index is 2.15. The summed E-state index contributed by atoms with van der Waals surface area (Å²) in [6, 6.07) is 14.2. The van der Waals surface area contributed by atoms with E-state index in [1.165, 1.54) is 12.3 Å². The lowest BCUT2D eigenvalue weighted by Crippen LogP contribution is -2.13. The summed E-state index contributed by atoms with van der Waals surface area (Å²) < 4.78 is 5.06. The largest absolute Gasteiger partial charge is 0.465 e. The molecule has 2 aromatic rings. The molecule has 0 unspecified atom stereocenters. The van der Waals surface area contributed by atoms with Crippen molar-refractivity contribution < 1.29 is 9.21 Å². The van der Waals surface area contributed by atoms with Gasteiger partial charge in [0.2, 0.25) is 0 Å². The summed E-state index contributed by atoms with van der Waals surface area (Å²) in [5, 5.41) is 11.6. The van der Waals surface area contributed by atoms with Crippen LogP contribution in [0.25, 0.3) is 6.08 Å². The maximum Gasteiger partial charge on any atom is 0.266 e. The Morgan fingerprint density at radius 3 is 2.61 bits per heavy atom. The first-order chi connectivity index (χ1) is 8.79. The van der Waals surface area contributed by atoms with E-state index in [0.717, 1.165) is 0 Å². The number of para-hydroxylation sites is 1. The minimum absolute atomic E-state index is 0.00574. The molecule has 4 nitrogen and oxygen atoms in total. The Labute approximate surface area is 104 Å². The smallest absolute Gasteiger partial charge is 0.266 e. The number of anilines is 1. The molecule has 2 rings (SSSR count). The topological polar surface area (TPSA) is 66.0 Å². The van der Waals surface area contributed by atoms with Crippen LogP contribution in [0, 0.1) is 11.3 Å². The van der Waals surface area contributed by atoms with Gasteiger partial charge in [-0.15, -0.1) is 0 Å². The van der Waals surface area contributed by atoms with E-state index in [2.05, 4.69) is 5.32 Å². The third-order valence-electron chi connectivity index (χ3n) is 2.23. The van der Waals surface area contributed by atoms with Crippen LogP contribution in [0.4, 0.5) is 5.69 Å². The van der Waals surface area contributed by atoms with Gasteiger partial charge in [-0.1, -0.05) is 18.2 Å². The lowest BCUT2D eigenvalue weighted by molar-refractivity contribution is -0.112. The Morgan fingerprint density at radius 2 is 2.00 bits per heavy atom. The average Bonchev–Trinajstić information content (AvgIpc) is 2.90. The van der Waals surface area contributed by atoms with Crippen molar-refractivity contribution in [2.24, 2.45) is 0 Å². The van der Waals surface area contributed by atoms with Gasteiger partial charge in [0.15, 0.2) is 0 Å². The standard InChI is InChI=1S/C14H10N2O2/c15-10-11(9-13-7-4-8-18-13)14(17)16-12-5-2-1-3-6-12/h1-9H,(H,16,17)/b11-9+. The lowest BCUT2D eigenvalue weighted by Gasteiger charge is -2.02. The van der Waals surface area contributed by atoms with E-state index in [-0.39, 0.29) is 5.57 Å². The summed E-state index contributed by atoms with van der Waals surface area (Å²) in [6.07, 6.45) is 2.88. The van der Waals surface area contributed by atoms with Crippen LogP contribution in [0.15, 0.2) is 58.7 Å². The number of hydrogen-bond acceptors (Lipinski definition) is 3. The van der Waals surface area contributed by atoms with Gasteiger partial charge in [-0.3, -0.25) is 4.79 Å². The summed E-state index contributed by atoms with van der Waals surface area (Å²) in [7, 11) is 0. The molecule has 1 heterocycles. The molecule has 88 valence electrons. The fourth-order valence-electron chi connectivity index (χ4n) is 1.38. The quantitative estimate of drug-likeness (QED) is 0.660. The lowest BCUT2D eigenvalue weighted by atomic mass is 10.2. The molecule has 0 aliphatic heterocycles. The Hall–Kier alpha value is -2.80. The second kappa shape index (κ2) is 5.51. The van der Waals surface area contributed by atoms with Gasteiger partial charge in [0.05, 0.1) is 6.26 Å². The second-order valence-electron chi connectivity index (χ2n) is 3.51. The maximum absolute atomic E-state index is 11.8.